The summed E-state index contributed by atoms with van der Waals surface area (Å²) in [7, 11) is 1.25. The normalized spacial score (nSPS) is 19.5. The van der Waals surface area contributed by atoms with Crippen LogP contribution in [-0.2, 0) is 28.2 Å². The Kier molecular flexibility index (Phi) is 3.99. The van der Waals surface area contributed by atoms with Crippen LogP contribution in [0.2, 0.25) is 0 Å². The Morgan fingerprint density at radius 3 is 2.59 bits per heavy atom. The van der Waals surface area contributed by atoms with Gasteiger partial charge >= 0.3 is 12.1 Å². The molecular weight excluding hydrogens is 427 g/mol. The van der Waals surface area contributed by atoms with Gasteiger partial charge in [-0.1, -0.05) is 36.4 Å². The van der Waals surface area contributed by atoms with Crippen molar-refractivity contribution in [2.24, 2.45) is 12.8 Å². The van der Waals surface area contributed by atoms with Gasteiger partial charge in [-0.15, -0.1) is 0 Å². The minimum atomic E-state index is -4.93. The first-order chi connectivity index (χ1) is 15.1. The van der Waals surface area contributed by atoms with E-state index in [4.69, 9.17) is 15.2 Å². The van der Waals surface area contributed by atoms with Crippen molar-refractivity contribution in [3.63, 3.8) is 0 Å². The number of rotatable bonds is 2. The number of benzene rings is 2. The van der Waals surface area contributed by atoms with Gasteiger partial charge in [0, 0.05) is 12.6 Å². The zero-order valence-electron chi connectivity index (χ0n) is 16.9. The SMILES string of the molecule is CCOC(=O)C1=C(N)Oc2c(c(C(F)(F)F)nn2C)C12C(=O)c1cccc3cccc2c13. The summed E-state index contributed by atoms with van der Waals surface area (Å²) >= 11 is 0. The summed E-state index contributed by atoms with van der Waals surface area (Å²) in [5, 5.41) is 4.68. The number of aromatic nitrogens is 2. The third-order valence-electron chi connectivity index (χ3n) is 5.84. The molecule has 2 N–H and O–H groups in total. The molecule has 1 aromatic heterocycles. The molecule has 2 aromatic carbocycles. The highest BCUT2D eigenvalue weighted by Crippen LogP contribution is 2.58. The summed E-state index contributed by atoms with van der Waals surface area (Å²) < 4.78 is 53.8. The van der Waals surface area contributed by atoms with Crippen molar-refractivity contribution in [2.75, 3.05) is 6.61 Å². The highest BCUT2D eigenvalue weighted by atomic mass is 19.4. The van der Waals surface area contributed by atoms with Crippen LogP contribution in [-0.4, -0.2) is 28.1 Å². The van der Waals surface area contributed by atoms with Gasteiger partial charge in [0.2, 0.25) is 11.8 Å². The number of carbonyl (C=O) groups is 2. The van der Waals surface area contributed by atoms with Crippen molar-refractivity contribution in [1.82, 2.24) is 9.78 Å². The van der Waals surface area contributed by atoms with E-state index in [0.717, 1.165) is 4.68 Å². The molecule has 0 saturated heterocycles. The summed E-state index contributed by atoms with van der Waals surface area (Å²) in [4.78, 5) is 27.1. The molecular formula is C22H16F3N3O4. The fourth-order valence-corrected chi connectivity index (χ4v) is 4.75. The number of aryl methyl sites for hydroxylation is 1. The second kappa shape index (κ2) is 6.35. The van der Waals surface area contributed by atoms with Gasteiger partial charge in [0.1, 0.15) is 11.0 Å². The van der Waals surface area contributed by atoms with Crippen molar-refractivity contribution < 1.29 is 32.2 Å². The molecule has 3 aromatic rings. The number of ketones is 1. The molecule has 1 unspecified atom stereocenters. The molecule has 0 bridgehead atoms. The van der Waals surface area contributed by atoms with E-state index in [0.29, 0.717) is 10.8 Å². The molecule has 2 aliphatic rings. The number of alkyl halides is 3. The average molecular weight is 443 g/mol. The molecule has 0 fully saturated rings. The van der Waals surface area contributed by atoms with Crippen molar-refractivity contribution in [1.29, 1.82) is 0 Å². The van der Waals surface area contributed by atoms with Gasteiger partial charge in [0.25, 0.3) is 0 Å². The van der Waals surface area contributed by atoms with Gasteiger partial charge in [0.05, 0.1) is 12.2 Å². The fraction of sp³-hybridized carbons (Fsp3) is 0.227. The maximum atomic E-state index is 14.1. The Labute approximate surface area is 179 Å². The van der Waals surface area contributed by atoms with E-state index in [-0.39, 0.29) is 23.6 Å². The van der Waals surface area contributed by atoms with E-state index >= 15 is 0 Å². The second-order valence-electron chi connectivity index (χ2n) is 7.50. The van der Waals surface area contributed by atoms with Crippen LogP contribution in [0, 0.1) is 0 Å². The smallest absolute Gasteiger partial charge is 0.435 e. The van der Waals surface area contributed by atoms with Gasteiger partial charge in [-0.05, 0) is 23.3 Å². The molecule has 2 heterocycles. The Balaban J connectivity index is 2.00. The van der Waals surface area contributed by atoms with E-state index in [1.807, 2.05) is 0 Å². The van der Waals surface area contributed by atoms with Gasteiger partial charge in [0.15, 0.2) is 11.5 Å². The number of nitrogens with two attached hydrogens (primary N) is 1. The number of halogens is 3. The van der Waals surface area contributed by atoms with E-state index in [2.05, 4.69) is 5.10 Å². The summed E-state index contributed by atoms with van der Waals surface area (Å²) in [5.74, 6) is -2.63. The van der Waals surface area contributed by atoms with Crippen molar-refractivity contribution >= 4 is 22.5 Å². The zero-order chi connectivity index (χ0) is 23.0. The lowest BCUT2D eigenvalue weighted by molar-refractivity contribution is -0.143. The lowest BCUT2D eigenvalue weighted by atomic mass is 9.67. The molecule has 0 radical (unpaired) electrons. The summed E-state index contributed by atoms with van der Waals surface area (Å²) in [6.07, 6.45) is -4.93. The number of fused-ring (bicyclic) bond motifs is 3. The van der Waals surface area contributed by atoms with Crippen LogP contribution < -0.4 is 10.5 Å². The molecule has 0 saturated carbocycles. The van der Waals surface area contributed by atoms with Crippen LogP contribution in [0.25, 0.3) is 10.8 Å². The quantitative estimate of drug-likeness (QED) is 0.611. The maximum absolute atomic E-state index is 14.1. The number of hydrogen-bond acceptors (Lipinski definition) is 6. The van der Waals surface area contributed by atoms with Crippen LogP contribution in [0.15, 0.2) is 47.9 Å². The van der Waals surface area contributed by atoms with Gasteiger partial charge < -0.3 is 15.2 Å². The molecule has 0 amide bonds. The monoisotopic (exact) mass is 443 g/mol. The third kappa shape index (κ3) is 2.29. The first-order valence-electron chi connectivity index (χ1n) is 9.70. The molecule has 1 spiro atoms. The first-order valence-corrected chi connectivity index (χ1v) is 9.70. The van der Waals surface area contributed by atoms with Crippen LogP contribution in [0.5, 0.6) is 5.88 Å². The summed E-state index contributed by atoms with van der Waals surface area (Å²) in [6.45, 7) is 1.46. The van der Waals surface area contributed by atoms with Crippen LogP contribution in [0.3, 0.4) is 0 Å². The predicted molar refractivity (Wildman–Crippen MR) is 106 cm³/mol. The van der Waals surface area contributed by atoms with Gasteiger partial charge in [-0.3, -0.25) is 4.79 Å². The summed E-state index contributed by atoms with van der Waals surface area (Å²) in [6, 6.07) is 9.75. The minimum Gasteiger partial charge on any atom is -0.462 e. The highest BCUT2D eigenvalue weighted by molar-refractivity contribution is 6.26. The topological polar surface area (TPSA) is 96.4 Å². The van der Waals surface area contributed by atoms with Gasteiger partial charge in [-0.2, -0.15) is 18.3 Å². The lowest BCUT2D eigenvalue weighted by Crippen LogP contribution is -2.45. The van der Waals surface area contributed by atoms with Crippen LogP contribution >= 0.6 is 0 Å². The molecule has 1 aliphatic carbocycles. The van der Waals surface area contributed by atoms with E-state index in [1.165, 1.54) is 26.1 Å². The fourth-order valence-electron chi connectivity index (χ4n) is 4.75. The van der Waals surface area contributed by atoms with Crippen molar-refractivity contribution in [3.05, 3.63) is 70.2 Å². The molecule has 10 heteroatoms. The molecule has 1 aliphatic heterocycles. The number of nitrogens with zero attached hydrogens (tertiary/aromatic N) is 2. The number of esters is 1. The Morgan fingerprint density at radius 2 is 1.94 bits per heavy atom. The third-order valence-corrected chi connectivity index (χ3v) is 5.84. The number of Topliss-reactive ketones (excluding diaryl/α,β-unsaturated/α-hetero) is 1. The number of hydrogen-bond donors (Lipinski definition) is 1. The maximum Gasteiger partial charge on any atom is 0.435 e. The number of carbonyl (C=O) groups excluding carboxylic acids is 2. The highest BCUT2D eigenvalue weighted by Gasteiger charge is 2.63. The molecule has 1 atom stereocenters. The Hall–Kier alpha value is -3.82. The lowest BCUT2D eigenvalue weighted by Gasteiger charge is -2.35. The van der Waals surface area contributed by atoms with Crippen LogP contribution in [0.1, 0.15) is 34.1 Å². The predicted octanol–water partition coefficient (Wildman–Crippen LogP) is 3.20. The van der Waals surface area contributed by atoms with Gasteiger partial charge in [-0.25, -0.2) is 9.48 Å². The number of ether oxygens (including phenoxy) is 2. The molecule has 32 heavy (non-hydrogen) atoms. The van der Waals surface area contributed by atoms with Crippen molar-refractivity contribution in [3.8, 4) is 5.88 Å². The van der Waals surface area contributed by atoms with E-state index < -0.39 is 46.1 Å². The van der Waals surface area contributed by atoms with E-state index in [1.54, 1.807) is 24.3 Å². The Morgan fingerprint density at radius 1 is 1.25 bits per heavy atom. The average Bonchev–Trinajstić information content (AvgIpc) is 3.19. The van der Waals surface area contributed by atoms with Crippen LogP contribution in [0.4, 0.5) is 13.2 Å². The minimum absolute atomic E-state index is 0.0803. The second-order valence-corrected chi connectivity index (χ2v) is 7.50. The first kappa shape index (κ1) is 20.1. The zero-order valence-corrected chi connectivity index (χ0v) is 16.9. The summed E-state index contributed by atoms with van der Waals surface area (Å²) in [5.41, 5.74) is 1.85. The van der Waals surface area contributed by atoms with Crippen molar-refractivity contribution in [2.45, 2.75) is 18.5 Å². The largest absolute Gasteiger partial charge is 0.462 e. The molecule has 7 nitrogen and oxygen atoms in total. The molecule has 164 valence electrons. The molecule has 5 rings (SSSR count). The van der Waals surface area contributed by atoms with E-state index in [9.17, 15) is 22.8 Å². The standard InChI is InChI=1S/C22H16F3N3O4/c1-3-31-20(30)15-18(26)32-19-14(16(22(23,24)25)27-28(19)2)21(15)12-9-5-7-10-6-4-8-11(13(10)12)17(21)29/h4-9H,3,26H2,1-2H3. The Bertz CT molecular complexity index is 1370.